The van der Waals surface area contributed by atoms with Gasteiger partial charge in [0.15, 0.2) is 23.3 Å². The summed E-state index contributed by atoms with van der Waals surface area (Å²) < 4.78 is 0. The number of aromatic nitrogens is 1. The number of alkyl halides is 1. The number of hydrogen-bond acceptors (Lipinski definition) is 5. The second kappa shape index (κ2) is 15.0. The number of rotatable bonds is 4. The largest absolute Gasteiger partial charge is 0.397 e. The Labute approximate surface area is 260 Å². The molecule has 3 aromatic carbocycles. The minimum atomic E-state index is 0.00981. The number of hydrogen-bond donors (Lipinski definition) is 2. The second-order valence-electron chi connectivity index (χ2n) is 8.03. The zero-order chi connectivity index (χ0) is 29.2. The van der Waals surface area contributed by atoms with Crippen LogP contribution in [0.3, 0.4) is 0 Å². The van der Waals surface area contributed by atoms with E-state index in [0.717, 1.165) is 16.5 Å². The first-order valence-electron chi connectivity index (χ1n) is 11.5. The van der Waals surface area contributed by atoms with Gasteiger partial charge in [-0.3, -0.25) is 9.59 Å². The summed E-state index contributed by atoms with van der Waals surface area (Å²) >= 11 is 26.8. The summed E-state index contributed by atoms with van der Waals surface area (Å²) in [7, 11) is 0. The van der Waals surface area contributed by atoms with Crippen LogP contribution in [0.4, 0.5) is 5.69 Å². The van der Waals surface area contributed by atoms with Gasteiger partial charge in [-0.2, -0.15) is 0 Å². The average molecular weight is 677 g/mol. The first-order valence-corrected chi connectivity index (χ1v) is 14.1. The Hall–Kier alpha value is -3.22. The van der Waals surface area contributed by atoms with Crippen molar-refractivity contribution in [1.29, 1.82) is 0 Å². The number of pyridine rings is 1. The van der Waals surface area contributed by atoms with E-state index in [4.69, 9.17) is 57.9 Å². The number of anilines is 1. The predicted molar refractivity (Wildman–Crippen MR) is 170 cm³/mol. The average Bonchev–Trinajstić information content (AvgIpc) is 2.95. The summed E-state index contributed by atoms with van der Waals surface area (Å²) in [6.45, 7) is 0. The number of Topliss-reactive ketones (excluding diaryl/α,β-unsaturated/α-hetero) is 1. The molecule has 0 spiro atoms. The molecule has 4 N–H and O–H groups in total. The van der Waals surface area contributed by atoms with E-state index in [1.165, 1.54) is 0 Å². The SMILES string of the molecule is NC1=C(C=O)C=C[C+]=C1Cl.Nc1cc2cccc(Cl)c2nc1-c1ccccc1Cl.O=C(CBr)c1ccccc1Cl. The lowest BCUT2D eigenvalue weighted by atomic mass is 10.1. The molecule has 0 amide bonds. The van der Waals surface area contributed by atoms with Crippen molar-refractivity contribution in [3.05, 3.63) is 128 Å². The molecular formula is C30H21BrCl4N3O2+. The number of ketones is 1. The van der Waals surface area contributed by atoms with Crippen LogP contribution >= 0.6 is 62.3 Å². The summed E-state index contributed by atoms with van der Waals surface area (Å²) in [5, 5.41) is 3.26. The van der Waals surface area contributed by atoms with Crippen LogP contribution in [-0.4, -0.2) is 22.4 Å². The molecule has 0 saturated heterocycles. The molecule has 1 aliphatic rings. The molecule has 0 fully saturated rings. The number of allylic oxidation sites excluding steroid dienone is 5. The number of nitrogens with two attached hydrogens (primary N) is 2. The van der Waals surface area contributed by atoms with E-state index in [0.29, 0.717) is 59.9 Å². The van der Waals surface area contributed by atoms with E-state index in [9.17, 15) is 9.59 Å². The Morgan fingerprint density at radius 2 is 1.55 bits per heavy atom. The van der Waals surface area contributed by atoms with Gasteiger partial charge in [0.2, 0.25) is 5.03 Å². The molecule has 0 aliphatic heterocycles. The van der Waals surface area contributed by atoms with Crippen molar-refractivity contribution < 1.29 is 9.59 Å². The fourth-order valence-electron chi connectivity index (χ4n) is 3.41. The molecule has 0 atom stereocenters. The van der Waals surface area contributed by atoms with Gasteiger partial charge < -0.3 is 11.5 Å². The lowest BCUT2D eigenvalue weighted by Crippen LogP contribution is -2.04. The highest BCUT2D eigenvalue weighted by Gasteiger charge is 2.16. The van der Waals surface area contributed by atoms with Gasteiger partial charge in [-0.15, -0.1) is 0 Å². The van der Waals surface area contributed by atoms with Gasteiger partial charge in [0.25, 0.3) is 0 Å². The number of halogens is 5. The normalized spacial score (nSPS) is 11.9. The summed E-state index contributed by atoms with van der Waals surface area (Å²) in [5.41, 5.74) is 15.5. The summed E-state index contributed by atoms with van der Waals surface area (Å²) in [4.78, 5) is 25.9. The molecule has 40 heavy (non-hydrogen) atoms. The Morgan fingerprint density at radius 1 is 0.900 bits per heavy atom. The predicted octanol–water partition coefficient (Wildman–Crippen LogP) is 8.60. The lowest BCUT2D eigenvalue weighted by molar-refractivity contribution is -0.104. The first-order chi connectivity index (χ1) is 19.2. The molecule has 1 heterocycles. The number of nitrogen functional groups attached to an aromatic ring is 1. The minimum Gasteiger partial charge on any atom is -0.397 e. The topological polar surface area (TPSA) is 99.1 Å². The zero-order valence-corrected chi connectivity index (χ0v) is 25.3. The zero-order valence-electron chi connectivity index (χ0n) is 20.7. The van der Waals surface area contributed by atoms with Gasteiger partial charge in [-0.25, -0.2) is 4.98 Å². The molecule has 202 valence electrons. The number of carbonyl (C=O) groups is 2. The number of nitrogens with zero attached hydrogens (tertiary/aromatic N) is 1. The fourth-order valence-corrected chi connectivity index (χ4v) is 4.57. The second-order valence-corrected chi connectivity index (χ2v) is 10.2. The molecular weight excluding hydrogens is 656 g/mol. The molecule has 5 rings (SSSR count). The maximum Gasteiger partial charge on any atom is 0.229 e. The number of para-hydroxylation sites is 1. The van der Waals surface area contributed by atoms with Gasteiger partial charge in [0.05, 0.1) is 49.4 Å². The third-order valence-electron chi connectivity index (χ3n) is 5.40. The van der Waals surface area contributed by atoms with E-state index in [1.54, 1.807) is 36.4 Å². The third kappa shape index (κ3) is 7.92. The van der Waals surface area contributed by atoms with Crippen molar-refractivity contribution in [2.45, 2.75) is 0 Å². The molecule has 5 nitrogen and oxygen atoms in total. The monoisotopic (exact) mass is 674 g/mol. The van der Waals surface area contributed by atoms with Crippen LogP contribution in [0.1, 0.15) is 10.4 Å². The van der Waals surface area contributed by atoms with Gasteiger partial charge in [0.1, 0.15) is 6.08 Å². The van der Waals surface area contributed by atoms with Crippen molar-refractivity contribution in [2.24, 2.45) is 5.73 Å². The highest BCUT2D eigenvalue weighted by Crippen LogP contribution is 2.34. The highest BCUT2D eigenvalue weighted by atomic mass is 79.9. The quantitative estimate of drug-likeness (QED) is 0.0976. The van der Waals surface area contributed by atoms with E-state index in [-0.39, 0.29) is 5.78 Å². The Kier molecular flexibility index (Phi) is 11.7. The number of carbonyl (C=O) groups excluding carboxylic acids is 2. The maximum absolute atomic E-state index is 11.1. The smallest absolute Gasteiger partial charge is 0.229 e. The molecule has 10 heteroatoms. The van der Waals surface area contributed by atoms with Crippen molar-refractivity contribution in [3.63, 3.8) is 0 Å². The lowest BCUT2D eigenvalue weighted by Gasteiger charge is -2.09. The van der Waals surface area contributed by atoms with Gasteiger partial charge in [-0.05, 0) is 41.9 Å². The van der Waals surface area contributed by atoms with Crippen LogP contribution < -0.4 is 11.5 Å². The van der Waals surface area contributed by atoms with Crippen molar-refractivity contribution in [3.8, 4) is 11.3 Å². The van der Waals surface area contributed by atoms with Crippen LogP contribution in [0.5, 0.6) is 0 Å². The van der Waals surface area contributed by atoms with E-state index >= 15 is 0 Å². The Bertz CT molecular complexity index is 1650. The third-order valence-corrected chi connectivity index (χ3v) is 7.18. The van der Waals surface area contributed by atoms with Gasteiger partial charge in [-0.1, -0.05) is 93.2 Å². The fraction of sp³-hybridized carbons (Fsp3) is 0.0333. The van der Waals surface area contributed by atoms with Crippen LogP contribution in [0.2, 0.25) is 15.1 Å². The molecule has 0 bridgehead atoms. The molecule has 0 unspecified atom stereocenters. The van der Waals surface area contributed by atoms with Crippen LogP contribution in [0.25, 0.3) is 22.2 Å². The standard InChI is InChI=1S/C15H10Cl2N2.C8H6BrClO.C7H4ClNO/c16-11-6-2-1-5-10(11)15-13(18)8-9-4-3-7-12(17)14(9)19-15;9-5-8(11)6-3-1-2-4-7(6)10;8-6-3-1-2-5(4-10)7(6)9/h1-8H,18H2;1-4H,5H2;1-2,4H,(H-,9,10)/p+1. The first kappa shape index (κ1) is 31.3. The van der Waals surface area contributed by atoms with Gasteiger partial charge >= 0.3 is 0 Å². The molecule has 1 aliphatic carbocycles. The molecule has 0 saturated carbocycles. The van der Waals surface area contributed by atoms with Crippen LogP contribution in [0, 0.1) is 6.08 Å². The number of benzene rings is 3. The van der Waals surface area contributed by atoms with Crippen molar-refractivity contribution >= 4 is 91.0 Å². The number of fused-ring (bicyclic) bond motifs is 1. The van der Waals surface area contributed by atoms with E-state index < -0.39 is 0 Å². The highest BCUT2D eigenvalue weighted by molar-refractivity contribution is 9.09. The summed E-state index contributed by atoms with van der Waals surface area (Å²) in [5.74, 6) is 0.00981. The summed E-state index contributed by atoms with van der Waals surface area (Å²) in [6.07, 6.45) is 6.44. The number of aldehydes is 1. The molecule has 1 aromatic heterocycles. The van der Waals surface area contributed by atoms with Crippen molar-refractivity contribution in [1.82, 2.24) is 4.98 Å². The van der Waals surface area contributed by atoms with Crippen LogP contribution in [0.15, 0.2) is 101 Å². The summed E-state index contributed by atoms with van der Waals surface area (Å²) in [6, 6.07) is 22.0. The van der Waals surface area contributed by atoms with Crippen LogP contribution in [-0.2, 0) is 4.79 Å². The minimum absolute atomic E-state index is 0.00981. The van der Waals surface area contributed by atoms with E-state index in [1.807, 2.05) is 48.5 Å². The molecule has 0 radical (unpaired) electrons. The molecule has 4 aromatic rings. The van der Waals surface area contributed by atoms with Crippen molar-refractivity contribution in [2.75, 3.05) is 11.1 Å². The Balaban J connectivity index is 0.000000180. The maximum atomic E-state index is 11.1. The Morgan fingerprint density at radius 3 is 2.17 bits per heavy atom. The van der Waals surface area contributed by atoms with E-state index in [2.05, 4.69) is 27.0 Å². The van der Waals surface area contributed by atoms with Gasteiger partial charge in [0, 0.05) is 16.5 Å².